The van der Waals surface area contributed by atoms with Gasteiger partial charge in [0.25, 0.3) is 0 Å². The number of carbonyl (C=O) groups is 1. The molecule has 0 saturated heterocycles. The van der Waals surface area contributed by atoms with Crippen LogP contribution in [0.5, 0.6) is 0 Å². The lowest BCUT2D eigenvalue weighted by atomic mass is 10.0. The zero-order valence-electron chi connectivity index (χ0n) is 11.5. The van der Waals surface area contributed by atoms with Gasteiger partial charge in [-0.2, -0.15) is 0 Å². The summed E-state index contributed by atoms with van der Waals surface area (Å²) in [6, 6.07) is 8.67. The Morgan fingerprint density at radius 2 is 1.89 bits per heavy atom. The smallest absolute Gasteiger partial charge is 0.306 e. The molecule has 0 aliphatic rings. The molecule has 106 valence electrons. The van der Waals surface area contributed by atoms with Gasteiger partial charge in [-0.05, 0) is 37.5 Å². The summed E-state index contributed by atoms with van der Waals surface area (Å²) in [5.74, 6) is -0.936. The minimum absolute atomic E-state index is 0.237. The molecular formula is C15H22BrNO2. The quantitative estimate of drug-likeness (QED) is 0.763. The number of halogens is 1. The highest BCUT2D eigenvalue weighted by molar-refractivity contribution is 9.10. The van der Waals surface area contributed by atoms with Crippen molar-refractivity contribution in [2.75, 3.05) is 0 Å². The van der Waals surface area contributed by atoms with E-state index in [-0.39, 0.29) is 5.92 Å². The second-order valence-corrected chi connectivity index (χ2v) is 5.99. The van der Waals surface area contributed by atoms with E-state index in [2.05, 4.69) is 40.3 Å². The van der Waals surface area contributed by atoms with Gasteiger partial charge in [-0.15, -0.1) is 0 Å². The van der Waals surface area contributed by atoms with Crippen molar-refractivity contribution < 1.29 is 9.90 Å². The van der Waals surface area contributed by atoms with Crippen LogP contribution in [0.4, 0.5) is 0 Å². The van der Waals surface area contributed by atoms with E-state index in [0.29, 0.717) is 6.04 Å². The molecule has 2 atom stereocenters. The molecule has 0 aliphatic carbocycles. The summed E-state index contributed by atoms with van der Waals surface area (Å²) in [4.78, 5) is 10.7. The van der Waals surface area contributed by atoms with E-state index < -0.39 is 5.97 Å². The Morgan fingerprint density at radius 1 is 1.26 bits per heavy atom. The number of rotatable bonds is 8. The topological polar surface area (TPSA) is 49.3 Å². The number of carboxylic acids is 1. The van der Waals surface area contributed by atoms with Crippen molar-refractivity contribution in [1.29, 1.82) is 0 Å². The first-order valence-corrected chi connectivity index (χ1v) is 7.49. The van der Waals surface area contributed by atoms with Crippen molar-refractivity contribution in [3.63, 3.8) is 0 Å². The second kappa shape index (κ2) is 8.33. The van der Waals surface area contributed by atoms with E-state index in [0.717, 1.165) is 30.3 Å². The fourth-order valence-electron chi connectivity index (χ4n) is 1.85. The largest absolute Gasteiger partial charge is 0.481 e. The van der Waals surface area contributed by atoms with Gasteiger partial charge in [-0.3, -0.25) is 4.79 Å². The molecule has 0 bridgehead atoms. The zero-order valence-corrected chi connectivity index (χ0v) is 13.1. The third kappa shape index (κ3) is 6.73. The summed E-state index contributed by atoms with van der Waals surface area (Å²) >= 11 is 3.42. The third-order valence-corrected chi connectivity index (χ3v) is 3.79. The molecule has 4 heteroatoms. The molecule has 2 N–H and O–H groups in total. The minimum Gasteiger partial charge on any atom is -0.481 e. The Hall–Kier alpha value is -0.870. The van der Waals surface area contributed by atoms with E-state index in [1.807, 2.05) is 12.1 Å². The summed E-state index contributed by atoms with van der Waals surface area (Å²) in [7, 11) is 0. The van der Waals surface area contributed by atoms with Crippen LogP contribution in [0.1, 0.15) is 38.7 Å². The highest BCUT2D eigenvalue weighted by atomic mass is 79.9. The fourth-order valence-corrected chi connectivity index (χ4v) is 2.11. The monoisotopic (exact) mass is 327 g/mol. The molecule has 0 saturated carbocycles. The van der Waals surface area contributed by atoms with Gasteiger partial charge in [-0.25, -0.2) is 0 Å². The van der Waals surface area contributed by atoms with Gasteiger partial charge in [0.1, 0.15) is 0 Å². The predicted molar refractivity (Wildman–Crippen MR) is 81.1 cm³/mol. The van der Waals surface area contributed by atoms with E-state index in [1.165, 1.54) is 5.56 Å². The van der Waals surface area contributed by atoms with Gasteiger partial charge >= 0.3 is 5.97 Å². The van der Waals surface area contributed by atoms with Crippen molar-refractivity contribution in [1.82, 2.24) is 5.32 Å². The van der Waals surface area contributed by atoms with Crippen molar-refractivity contribution in [3.8, 4) is 0 Å². The van der Waals surface area contributed by atoms with Gasteiger partial charge in [0.05, 0.1) is 5.92 Å². The van der Waals surface area contributed by atoms with Crippen LogP contribution in [-0.2, 0) is 11.3 Å². The normalized spacial score (nSPS) is 14.1. The maximum Gasteiger partial charge on any atom is 0.306 e. The lowest BCUT2D eigenvalue weighted by Gasteiger charge is -2.14. The van der Waals surface area contributed by atoms with Gasteiger partial charge in [0.15, 0.2) is 0 Å². The van der Waals surface area contributed by atoms with E-state index in [1.54, 1.807) is 6.92 Å². The van der Waals surface area contributed by atoms with Crippen LogP contribution >= 0.6 is 15.9 Å². The Balaban J connectivity index is 2.19. The first-order valence-electron chi connectivity index (χ1n) is 6.69. The summed E-state index contributed by atoms with van der Waals surface area (Å²) in [6.07, 6.45) is 2.70. The molecule has 0 amide bonds. The Bertz CT molecular complexity index is 392. The number of hydrogen-bond donors (Lipinski definition) is 2. The highest BCUT2D eigenvalue weighted by Gasteiger charge is 2.11. The molecule has 1 rings (SSSR count). The standard InChI is InChI=1S/C15H22BrNO2/c1-11(15(18)19)4-3-5-12(2)17-10-13-6-8-14(16)9-7-13/h6-9,11-12,17H,3-5,10H2,1-2H3,(H,18,19). The number of carboxylic acid groups (broad SMARTS) is 1. The van der Waals surface area contributed by atoms with Crippen LogP contribution in [-0.4, -0.2) is 17.1 Å². The van der Waals surface area contributed by atoms with Crippen LogP contribution < -0.4 is 5.32 Å². The molecule has 0 spiro atoms. The van der Waals surface area contributed by atoms with Crippen molar-refractivity contribution >= 4 is 21.9 Å². The maximum absolute atomic E-state index is 10.7. The first-order chi connectivity index (χ1) is 8.99. The predicted octanol–water partition coefficient (Wildman–Crippen LogP) is 3.82. The van der Waals surface area contributed by atoms with Gasteiger partial charge in [0, 0.05) is 17.1 Å². The lowest BCUT2D eigenvalue weighted by molar-refractivity contribution is -0.141. The molecule has 2 unspecified atom stereocenters. The van der Waals surface area contributed by atoms with Crippen molar-refractivity contribution in [2.24, 2.45) is 5.92 Å². The van der Waals surface area contributed by atoms with Crippen LogP contribution in [0.15, 0.2) is 28.7 Å². The number of aliphatic carboxylic acids is 1. The van der Waals surface area contributed by atoms with Crippen LogP contribution in [0.3, 0.4) is 0 Å². The average molecular weight is 328 g/mol. The fraction of sp³-hybridized carbons (Fsp3) is 0.533. The summed E-state index contributed by atoms with van der Waals surface area (Å²) in [5, 5.41) is 12.3. The van der Waals surface area contributed by atoms with Gasteiger partial charge in [0.2, 0.25) is 0 Å². The number of benzene rings is 1. The average Bonchev–Trinajstić information content (AvgIpc) is 2.37. The maximum atomic E-state index is 10.7. The first kappa shape index (κ1) is 16.2. The lowest BCUT2D eigenvalue weighted by Crippen LogP contribution is -2.25. The summed E-state index contributed by atoms with van der Waals surface area (Å²) < 4.78 is 1.09. The van der Waals surface area contributed by atoms with Gasteiger partial charge < -0.3 is 10.4 Å². The van der Waals surface area contributed by atoms with Gasteiger partial charge in [-0.1, -0.05) is 41.4 Å². The molecule has 0 heterocycles. The van der Waals surface area contributed by atoms with Crippen LogP contribution in [0.2, 0.25) is 0 Å². The van der Waals surface area contributed by atoms with E-state index in [4.69, 9.17) is 5.11 Å². The number of hydrogen-bond acceptors (Lipinski definition) is 2. The molecule has 1 aromatic rings. The SMILES string of the molecule is CC(CCCC(C)C(=O)O)NCc1ccc(Br)cc1. The van der Waals surface area contributed by atoms with Crippen LogP contribution in [0.25, 0.3) is 0 Å². The van der Waals surface area contributed by atoms with E-state index in [9.17, 15) is 4.79 Å². The summed E-state index contributed by atoms with van der Waals surface area (Å²) in [6.45, 7) is 4.76. The van der Waals surface area contributed by atoms with Crippen LogP contribution in [0, 0.1) is 5.92 Å². The Labute approximate surface area is 123 Å². The van der Waals surface area contributed by atoms with Crippen molar-refractivity contribution in [2.45, 2.75) is 45.7 Å². The molecule has 0 aliphatic heterocycles. The Morgan fingerprint density at radius 3 is 2.47 bits per heavy atom. The molecule has 1 aromatic carbocycles. The Kier molecular flexibility index (Phi) is 7.10. The van der Waals surface area contributed by atoms with Crippen molar-refractivity contribution in [3.05, 3.63) is 34.3 Å². The molecule has 19 heavy (non-hydrogen) atoms. The third-order valence-electron chi connectivity index (χ3n) is 3.26. The number of nitrogens with one attached hydrogen (secondary N) is 1. The minimum atomic E-state index is -0.699. The van der Waals surface area contributed by atoms with E-state index >= 15 is 0 Å². The molecule has 3 nitrogen and oxygen atoms in total. The highest BCUT2D eigenvalue weighted by Crippen LogP contribution is 2.12. The molecule has 0 fully saturated rings. The summed E-state index contributed by atoms with van der Waals surface area (Å²) in [5.41, 5.74) is 1.26. The zero-order chi connectivity index (χ0) is 14.3. The molecule has 0 radical (unpaired) electrons. The second-order valence-electron chi connectivity index (χ2n) is 5.08. The molecular weight excluding hydrogens is 306 g/mol. The molecule has 0 aromatic heterocycles.